The van der Waals surface area contributed by atoms with Crippen molar-refractivity contribution in [1.82, 2.24) is 0 Å². The van der Waals surface area contributed by atoms with E-state index in [1.165, 1.54) is 24.3 Å². The van der Waals surface area contributed by atoms with Crippen LogP contribution < -0.4 is 14.2 Å². The number of halogens is 4. The van der Waals surface area contributed by atoms with Crippen molar-refractivity contribution in [1.29, 1.82) is 0 Å². The van der Waals surface area contributed by atoms with E-state index in [1.54, 1.807) is 54.6 Å². The van der Waals surface area contributed by atoms with Gasteiger partial charge in [-0.15, -0.1) is 6.58 Å². The van der Waals surface area contributed by atoms with E-state index in [0.717, 1.165) is 12.8 Å². The summed E-state index contributed by atoms with van der Waals surface area (Å²) in [6.07, 6.45) is 4.08. The summed E-state index contributed by atoms with van der Waals surface area (Å²) in [6.45, 7) is 6.20. The lowest BCUT2D eigenvalue weighted by molar-refractivity contribution is 0.285. The number of rotatable bonds is 13. The normalized spacial score (nSPS) is 10.8. The summed E-state index contributed by atoms with van der Waals surface area (Å²) >= 11 is 0. The molecule has 0 aliphatic carbocycles. The second-order valence-corrected chi connectivity index (χ2v) is 9.10. The molecule has 4 rings (SSSR count). The van der Waals surface area contributed by atoms with E-state index in [1.807, 2.05) is 0 Å². The number of unbranched alkanes of at least 4 members (excludes halogenated alkanes) is 1. The maximum atomic E-state index is 15.1. The highest BCUT2D eigenvalue weighted by atomic mass is 19.2. The first-order valence-electron chi connectivity index (χ1n) is 13.1. The van der Waals surface area contributed by atoms with Gasteiger partial charge in [0, 0.05) is 16.7 Å². The zero-order valence-corrected chi connectivity index (χ0v) is 22.2. The van der Waals surface area contributed by atoms with Crippen LogP contribution in [0.2, 0.25) is 0 Å². The standard InChI is InChI=1S/C33H30F4O3/c1-3-5-19-38-25-12-7-22(8-13-25)27-16-17-28(32(36)31(27)35)23-9-14-26(15-10-23)40-21-24-11-18-29(33(37)30(24)34)39-20-6-4-2/h4,7-18H,2-3,5-6,19-21H2,1H3. The van der Waals surface area contributed by atoms with E-state index in [-0.39, 0.29) is 35.7 Å². The fraction of sp³-hybridized carbons (Fsp3) is 0.212. The molecular weight excluding hydrogens is 520 g/mol. The summed E-state index contributed by atoms with van der Waals surface area (Å²) in [6, 6.07) is 18.9. The molecule has 0 unspecified atom stereocenters. The summed E-state index contributed by atoms with van der Waals surface area (Å²) in [7, 11) is 0. The van der Waals surface area contributed by atoms with Gasteiger partial charge in [-0.3, -0.25) is 0 Å². The van der Waals surface area contributed by atoms with E-state index in [2.05, 4.69) is 13.5 Å². The molecule has 0 N–H and O–H groups in total. The minimum absolute atomic E-state index is 0.0157. The lowest BCUT2D eigenvalue weighted by atomic mass is 9.98. The van der Waals surface area contributed by atoms with Gasteiger partial charge in [-0.25, -0.2) is 13.2 Å². The van der Waals surface area contributed by atoms with Gasteiger partial charge >= 0.3 is 0 Å². The zero-order valence-electron chi connectivity index (χ0n) is 22.2. The van der Waals surface area contributed by atoms with Crippen molar-refractivity contribution in [3.63, 3.8) is 0 Å². The third-order valence-electron chi connectivity index (χ3n) is 6.28. The topological polar surface area (TPSA) is 27.7 Å². The summed E-state index contributed by atoms with van der Waals surface area (Å²) in [5, 5.41) is 0. The van der Waals surface area contributed by atoms with Gasteiger partial charge in [0.25, 0.3) is 0 Å². The Morgan fingerprint density at radius 1 is 0.625 bits per heavy atom. The average Bonchev–Trinajstić information content (AvgIpc) is 2.97. The van der Waals surface area contributed by atoms with Gasteiger partial charge < -0.3 is 14.2 Å². The van der Waals surface area contributed by atoms with Crippen LogP contribution in [0.3, 0.4) is 0 Å². The van der Waals surface area contributed by atoms with Crippen LogP contribution in [0.4, 0.5) is 17.6 Å². The monoisotopic (exact) mass is 550 g/mol. The van der Waals surface area contributed by atoms with Gasteiger partial charge in [0.05, 0.1) is 13.2 Å². The molecule has 40 heavy (non-hydrogen) atoms. The van der Waals surface area contributed by atoms with Gasteiger partial charge in [0.1, 0.15) is 18.1 Å². The van der Waals surface area contributed by atoms with Crippen LogP contribution in [-0.2, 0) is 6.61 Å². The number of hydrogen-bond donors (Lipinski definition) is 0. The molecule has 0 spiro atoms. The second kappa shape index (κ2) is 13.7. The van der Waals surface area contributed by atoms with Crippen molar-refractivity contribution < 1.29 is 31.8 Å². The van der Waals surface area contributed by atoms with Gasteiger partial charge in [-0.2, -0.15) is 4.39 Å². The molecule has 0 aromatic heterocycles. The Labute approximate surface area is 231 Å². The van der Waals surface area contributed by atoms with Crippen LogP contribution in [0.25, 0.3) is 22.3 Å². The maximum Gasteiger partial charge on any atom is 0.201 e. The molecule has 0 radical (unpaired) electrons. The molecule has 0 aliphatic heterocycles. The number of hydrogen-bond acceptors (Lipinski definition) is 3. The Bertz CT molecular complexity index is 1430. The fourth-order valence-electron chi connectivity index (χ4n) is 4.00. The highest BCUT2D eigenvalue weighted by Crippen LogP contribution is 2.33. The molecule has 4 aromatic carbocycles. The van der Waals surface area contributed by atoms with Crippen molar-refractivity contribution >= 4 is 0 Å². The Morgan fingerprint density at radius 2 is 1.20 bits per heavy atom. The lowest BCUT2D eigenvalue weighted by Gasteiger charge is -2.12. The highest BCUT2D eigenvalue weighted by Gasteiger charge is 2.17. The first-order valence-corrected chi connectivity index (χ1v) is 13.1. The predicted octanol–water partition coefficient (Wildman–Crippen LogP) is 9.29. The van der Waals surface area contributed by atoms with E-state index in [0.29, 0.717) is 35.7 Å². The lowest BCUT2D eigenvalue weighted by Crippen LogP contribution is -2.04. The maximum absolute atomic E-state index is 15.1. The van der Waals surface area contributed by atoms with E-state index in [9.17, 15) is 8.78 Å². The molecule has 0 bridgehead atoms. The average molecular weight is 551 g/mol. The first kappa shape index (κ1) is 28.7. The molecule has 0 atom stereocenters. The Balaban J connectivity index is 1.42. The minimum Gasteiger partial charge on any atom is -0.494 e. The van der Waals surface area contributed by atoms with E-state index < -0.39 is 23.3 Å². The number of ether oxygens (including phenoxy) is 3. The first-order chi connectivity index (χ1) is 19.4. The third-order valence-corrected chi connectivity index (χ3v) is 6.28. The molecule has 0 saturated carbocycles. The van der Waals surface area contributed by atoms with Crippen LogP contribution in [-0.4, -0.2) is 13.2 Å². The largest absolute Gasteiger partial charge is 0.494 e. The molecule has 0 heterocycles. The summed E-state index contributed by atoms with van der Waals surface area (Å²) in [4.78, 5) is 0. The molecule has 208 valence electrons. The van der Waals surface area contributed by atoms with Crippen LogP contribution in [0, 0.1) is 23.3 Å². The zero-order chi connectivity index (χ0) is 28.5. The second-order valence-electron chi connectivity index (χ2n) is 9.10. The van der Waals surface area contributed by atoms with Crippen LogP contribution in [0.1, 0.15) is 31.7 Å². The molecule has 3 nitrogen and oxygen atoms in total. The molecule has 0 fully saturated rings. The van der Waals surface area contributed by atoms with Gasteiger partial charge in [-0.1, -0.05) is 55.8 Å². The Kier molecular flexibility index (Phi) is 9.84. The Morgan fingerprint density at radius 3 is 1.75 bits per heavy atom. The van der Waals surface area contributed by atoms with Gasteiger partial charge in [-0.05, 0) is 60.4 Å². The third kappa shape index (κ3) is 6.84. The SMILES string of the molecule is C=CCCOc1ccc(COc2ccc(-c3ccc(-c4ccc(OCCCC)cc4)c(F)c3F)cc2)c(F)c1F. The van der Waals surface area contributed by atoms with Crippen molar-refractivity contribution in [2.24, 2.45) is 0 Å². The highest BCUT2D eigenvalue weighted by molar-refractivity contribution is 5.72. The Hall–Kier alpha value is -4.26. The fourth-order valence-corrected chi connectivity index (χ4v) is 4.00. The van der Waals surface area contributed by atoms with Gasteiger partial charge in [0.15, 0.2) is 23.2 Å². The van der Waals surface area contributed by atoms with Crippen LogP contribution in [0.15, 0.2) is 85.5 Å². The molecule has 4 aromatic rings. The molecule has 0 amide bonds. The van der Waals surface area contributed by atoms with Crippen molar-refractivity contribution in [2.75, 3.05) is 13.2 Å². The molecule has 0 saturated heterocycles. The van der Waals surface area contributed by atoms with Crippen molar-refractivity contribution in [3.05, 3.63) is 114 Å². The summed E-state index contributed by atoms with van der Waals surface area (Å²) in [5.41, 5.74) is 1.23. The minimum atomic E-state index is -1.09. The quantitative estimate of drug-likeness (QED) is 0.0943. The summed E-state index contributed by atoms with van der Waals surface area (Å²) < 4.78 is 75.3. The molecular formula is C33H30F4O3. The smallest absolute Gasteiger partial charge is 0.201 e. The number of benzene rings is 4. The van der Waals surface area contributed by atoms with Crippen molar-refractivity contribution in [3.8, 4) is 39.5 Å². The molecule has 7 heteroatoms. The van der Waals surface area contributed by atoms with E-state index >= 15 is 8.78 Å². The summed E-state index contributed by atoms with van der Waals surface area (Å²) in [5.74, 6) is -3.21. The van der Waals surface area contributed by atoms with Crippen molar-refractivity contribution in [2.45, 2.75) is 32.8 Å². The van der Waals surface area contributed by atoms with Gasteiger partial charge in [0.2, 0.25) is 5.82 Å². The van der Waals surface area contributed by atoms with Crippen LogP contribution >= 0.6 is 0 Å². The molecule has 0 aliphatic rings. The van der Waals surface area contributed by atoms with Crippen LogP contribution in [0.5, 0.6) is 17.2 Å². The predicted molar refractivity (Wildman–Crippen MR) is 149 cm³/mol. The van der Waals surface area contributed by atoms with E-state index in [4.69, 9.17) is 14.2 Å².